The average molecular weight is 338 g/mol. The number of H-pyrrole nitrogens is 1. The summed E-state index contributed by atoms with van der Waals surface area (Å²) in [5, 5.41) is 6.91. The van der Waals surface area contributed by atoms with Crippen LogP contribution in [0.25, 0.3) is 0 Å². The molecule has 0 aliphatic heterocycles. The van der Waals surface area contributed by atoms with Crippen LogP contribution < -0.4 is 10.9 Å². The number of aryl methyl sites for hydroxylation is 1. The summed E-state index contributed by atoms with van der Waals surface area (Å²) in [5.41, 5.74) is 0.917. The third-order valence-corrected chi connectivity index (χ3v) is 3.66. The van der Waals surface area contributed by atoms with Gasteiger partial charge in [-0.2, -0.15) is 4.98 Å². The van der Waals surface area contributed by atoms with Crippen molar-refractivity contribution in [1.29, 1.82) is 0 Å². The fourth-order valence-electron chi connectivity index (χ4n) is 2.41. The number of nitrogens with one attached hydrogen (secondary N) is 2. The van der Waals surface area contributed by atoms with Crippen LogP contribution in [0.3, 0.4) is 0 Å². The van der Waals surface area contributed by atoms with E-state index in [0.717, 1.165) is 12.0 Å². The lowest BCUT2D eigenvalue weighted by atomic mass is 10.1. The number of rotatable bonds is 6. The molecule has 3 aromatic rings. The summed E-state index contributed by atoms with van der Waals surface area (Å²) in [6.45, 7) is 2.02. The van der Waals surface area contributed by atoms with Gasteiger partial charge in [-0.15, -0.1) is 0 Å². The second-order valence-electron chi connectivity index (χ2n) is 5.56. The molecule has 0 aliphatic carbocycles. The molecule has 0 bridgehead atoms. The minimum absolute atomic E-state index is 0.265. The van der Waals surface area contributed by atoms with Crippen molar-refractivity contribution < 1.29 is 9.32 Å². The monoisotopic (exact) mass is 338 g/mol. The molecule has 1 aromatic carbocycles. The number of carbonyl (C=O) groups excluding carboxylic acids is 1. The summed E-state index contributed by atoms with van der Waals surface area (Å²) in [7, 11) is 0. The Bertz CT molecular complexity index is 881. The van der Waals surface area contributed by atoms with Crippen molar-refractivity contribution in [2.24, 2.45) is 0 Å². The molecule has 7 heteroatoms. The summed E-state index contributed by atoms with van der Waals surface area (Å²) in [6, 6.07) is 11.6. The zero-order chi connectivity index (χ0) is 17.6. The van der Waals surface area contributed by atoms with Crippen LogP contribution in [0.1, 0.15) is 47.0 Å². The van der Waals surface area contributed by atoms with Crippen LogP contribution in [-0.2, 0) is 6.42 Å². The molecule has 7 nitrogen and oxygen atoms in total. The Balaban J connectivity index is 1.89. The van der Waals surface area contributed by atoms with Crippen molar-refractivity contribution in [2.75, 3.05) is 0 Å². The minimum atomic E-state index is -0.546. The van der Waals surface area contributed by atoms with E-state index in [0.29, 0.717) is 23.7 Å². The number of nitrogens with zero attached hydrogens (tertiary/aromatic N) is 2. The highest BCUT2D eigenvalue weighted by atomic mass is 16.5. The molecular formula is C18H18N4O3. The topological polar surface area (TPSA) is 101 Å². The summed E-state index contributed by atoms with van der Waals surface area (Å²) in [4.78, 5) is 30.6. The standard InChI is InChI=1S/C18H18N4O3/c1-2-6-15-20-17(22-25-15)16(12-7-4-3-5-8-12)21-18(24)13-9-10-14(23)19-11-13/h3-5,7-11,16H,2,6H2,1H3,(H,19,23)(H,21,24)/t16-/m1/s1. The first kappa shape index (κ1) is 16.6. The molecule has 2 aromatic heterocycles. The minimum Gasteiger partial charge on any atom is -0.339 e. The van der Waals surface area contributed by atoms with Gasteiger partial charge in [-0.3, -0.25) is 9.59 Å². The lowest BCUT2D eigenvalue weighted by Gasteiger charge is -2.15. The first-order valence-electron chi connectivity index (χ1n) is 8.04. The number of carbonyl (C=O) groups is 1. The molecule has 3 rings (SSSR count). The maximum absolute atomic E-state index is 12.5. The van der Waals surface area contributed by atoms with Gasteiger partial charge < -0.3 is 14.8 Å². The van der Waals surface area contributed by atoms with Crippen molar-refractivity contribution in [3.63, 3.8) is 0 Å². The zero-order valence-corrected chi connectivity index (χ0v) is 13.7. The SMILES string of the molecule is CCCc1nc([C@H](NC(=O)c2ccc(=O)[nH]c2)c2ccccc2)no1. The van der Waals surface area contributed by atoms with Crippen LogP contribution in [0.4, 0.5) is 0 Å². The Kier molecular flexibility index (Phi) is 5.03. The van der Waals surface area contributed by atoms with Gasteiger partial charge in [-0.1, -0.05) is 42.4 Å². The van der Waals surface area contributed by atoms with Crippen molar-refractivity contribution in [3.8, 4) is 0 Å². The molecular weight excluding hydrogens is 320 g/mol. The van der Waals surface area contributed by atoms with Gasteiger partial charge >= 0.3 is 0 Å². The van der Waals surface area contributed by atoms with E-state index in [2.05, 4.69) is 20.4 Å². The third-order valence-electron chi connectivity index (χ3n) is 3.66. The van der Waals surface area contributed by atoms with Gasteiger partial charge in [0, 0.05) is 18.7 Å². The van der Waals surface area contributed by atoms with Gasteiger partial charge in [0.2, 0.25) is 11.4 Å². The summed E-state index contributed by atoms with van der Waals surface area (Å²) in [5.74, 6) is 0.594. The highest BCUT2D eigenvalue weighted by molar-refractivity contribution is 5.94. The molecule has 128 valence electrons. The summed E-state index contributed by atoms with van der Waals surface area (Å²) >= 11 is 0. The maximum atomic E-state index is 12.5. The normalized spacial score (nSPS) is 11.9. The Hall–Kier alpha value is -3.22. The molecule has 0 fully saturated rings. The molecule has 0 aliphatic rings. The first-order chi connectivity index (χ1) is 12.2. The molecule has 0 radical (unpaired) electrons. The average Bonchev–Trinajstić information content (AvgIpc) is 3.09. The molecule has 1 amide bonds. The molecule has 0 saturated carbocycles. The zero-order valence-electron chi connectivity index (χ0n) is 13.7. The van der Waals surface area contributed by atoms with Gasteiger partial charge in [0.1, 0.15) is 6.04 Å². The molecule has 1 atom stereocenters. The van der Waals surface area contributed by atoms with Gasteiger partial charge in [-0.05, 0) is 18.1 Å². The number of hydrogen-bond donors (Lipinski definition) is 2. The van der Waals surface area contributed by atoms with E-state index in [4.69, 9.17) is 4.52 Å². The highest BCUT2D eigenvalue weighted by Crippen LogP contribution is 2.20. The fraction of sp³-hybridized carbons (Fsp3) is 0.222. The smallest absolute Gasteiger partial charge is 0.253 e. The molecule has 0 saturated heterocycles. The van der Waals surface area contributed by atoms with Gasteiger partial charge in [0.15, 0.2) is 5.82 Å². The number of aromatic nitrogens is 3. The fourth-order valence-corrected chi connectivity index (χ4v) is 2.41. The summed E-state index contributed by atoms with van der Waals surface area (Å²) < 4.78 is 5.25. The lowest BCUT2D eigenvalue weighted by Crippen LogP contribution is -2.30. The summed E-state index contributed by atoms with van der Waals surface area (Å²) in [6.07, 6.45) is 2.95. The van der Waals surface area contributed by atoms with Crippen LogP contribution in [0.2, 0.25) is 0 Å². The quantitative estimate of drug-likeness (QED) is 0.718. The second-order valence-corrected chi connectivity index (χ2v) is 5.56. The predicted octanol–water partition coefficient (Wildman–Crippen LogP) is 2.23. The third kappa shape index (κ3) is 4.00. The van der Waals surface area contributed by atoms with Gasteiger partial charge in [-0.25, -0.2) is 0 Å². The van der Waals surface area contributed by atoms with Crippen LogP contribution in [0.15, 0.2) is 58.0 Å². The van der Waals surface area contributed by atoms with Crippen LogP contribution >= 0.6 is 0 Å². The van der Waals surface area contributed by atoms with Crippen molar-refractivity contribution in [3.05, 3.63) is 81.9 Å². The Labute approximate surface area is 144 Å². The number of pyridine rings is 1. The number of amides is 1. The predicted molar refractivity (Wildman–Crippen MR) is 91.1 cm³/mol. The molecule has 2 N–H and O–H groups in total. The van der Waals surface area contributed by atoms with Crippen molar-refractivity contribution in [2.45, 2.75) is 25.8 Å². The van der Waals surface area contributed by atoms with Crippen LogP contribution in [0, 0.1) is 0 Å². The van der Waals surface area contributed by atoms with Crippen LogP contribution in [-0.4, -0.2) is 21.0 Å². The number of hydrogen-bond acceptors (Lipinski definition) is 5. The van der Waals surface area contributed by atoms with Crippen molar-refractivity contribution in [1.82, 2.24) is 20.4 Å². The number of aromatic amines is 1. The van der Waals surface area contributed by atoms with Crippen LogP contribution in [0.5, 0.6) is 0 Å². The number of benzene rings is 1. The second kappa shape index (κ2) is 7.57. The van der Waals surface area contributed by atoms with Gasteiger partial charge in [0.25, 0.3) is 5.91 Å². The molecule has 0 spiro atoms. The highest BCUT2D eigenvalue weighted by Gasteiger charge is 2.23. The van der Waals surface area contributed by atoms with Crippen molar-refractivity contribution >= 4 is 5.91 Å². The first-order valence-corrected chi connectivity index (χ1v) is 8.04. The molecule has 25 heavy (non-hydrogen) atoms. The largest absolute Gasteiger partial charge is 0.339 e. The Morgan fingerprint density at radius 3 is 2.72 bits per heavy atom. The Morgan fingerprint density at radius 2 is 2.04 bits per heavy atom. The maximum Gasteiger partial charge on any atom is 0.253 e. The van der Waals surface area contributed by atoms with E-state index in [1.807, 2.05) is 37.3 Å². The lowest BCUT2D eigenvalue weighted by molar-refractivity contribution is 0.0941. The van der Waals surface area contributed by atoms with E-state index < -0.39 is 6.04 Å². The molecule has 0 unspecified atom stereocenters. The van der Waals surface area contributed by atoms with E-state index in [1.165, 1.54) is 18.3 Å². The Morgan fingerprint density at radius 1 is 1.24 bits per heavy atom. The van der Waals surface area contributed by atoms with E-state index in [9.17, 15) is 9.59 Å². The molecule has 2 heterocycles. The van der Waals surface area contributed by atoms with Gasteiger partial charge in [0.05, 0.1) is 5.56 Å². The van der Waals surface area contributed by atoms with E-state index in [1.54, 1.807) is 0 Å². The van der Waals surface area contributed by atoms with E-state index >= 15 is 0 Å². The van der Waals surface area contributed by atoms with E-state index in [-0.39, 0.29) is 11.5 Å².